The number of aliphatic hydroxyl groups is 1. The van der Waals surface area contributed by atoms with Crippen molar-refractivity contribution in [3.8, 4) is 0 Å². The number of hydrogen-bond donors (Lipinski definition) is 1. The van der Waals surface area contributed by atoms with E-state index in [0.717, 1.165) is 0 Å². The zero-order chi connectivity index (χ0) is 7.78. The van der Waals surface area contributed by atoms with E-state index in [9.17, 15) is 0 Å². The van der Waals surface area contributed by atoms with Gasteiger partial charge in [-0.25, -0.2) is 0 Å². The molecule has 0 aromatic heterocycles. The highest BCUT2D eigenvalue weighted by Gasteiger charge is 2.37. The molecule has 1 unspecified atom stereocenters. The minimum absolute atomic E-state index is 0.000000000000000222. The molecule has 3 nitrogen and oxygen atoms in total. The normalized spacial score (nSPS) is 38.4. The van der Waals surface area contributed by atoms with Crippen LogP contribution in [0.1, 0.15) is 20.8 Å². The Hall–Kier alpha value is -0.120. The number of hydrogen-bond acceptors (Lipinski definition) is 3. The standard InChI is InChI=1S/C7H14O3/c1-5-6(4-8)10-7(2,3)9-5/h5-6,8H,4H2,1-3H3/t5?,6-/m1/s1. The Labute approximate surface area is 60.9 Å². The molecule has 1 aliphatic heterocycles. The van der Waals surface area contributed by atoms with Gasteiger partial charge in [-0.3, -0.25) is 0 Å². The molecule has 0 bridgehead atoms. The van der Waals surface area contributed by atoms with Gasteiger partial charge < -0.3 is 14.6 Å². The molecular formula is C7H14O3. The number of rotatable bonds is 1. The maximum atomic E-state index is 8.76. The van der Waals surface area contributed by atoms with Crippen molar-refractivity contribution in [1.82, 2.24) is 0 Å². The Balaban J connectivity index is 2.52. The summed E-state index contributed by atoms with van der Waals surface area (Å²) in [7, 11) is 0. The molecule has 0 aliphatic carbocycles. The summed E-state index contributed by atoms with van der Waals surface area (Å²) >= 11 is 0. The molecule has 1 N–H and O–H groups in total. The minimum Gasteiger partial charge on any atom is -0.394 e. The van der Waals surface area contributed by atoms with Crippen molar-refractivity contribution in [3.05, 3.63) is 0 Å². The molecule has 0 amide bonds. The van der Waals surface area contributed by atoms with Crippen molar-refractivity contribution in [2.75, 3.05) is 6.61 Å². The van der Waals surface area contributed by atoms with Gasteiger partial charge in [-0.2, -0.15) is 0 Å². The van der Waals surface area contributed by atoms with E-state index in [4.69, 9.17) is 14.6 Å². The molecule has 1 heterocycles. The van der Waals surface area contributed by atoms with Crippen LogP contribution in [0, 0.1) is 0 Å². The first-order valence-corrected chi connectivity index (χ1v) is 3.51. The largest absolute Gasteiger partial charge is 0.394 e. The maximum Gasteiger partial charge on any atom is 0.163 e. The highest BCUT2D eigenvalue weighted by molar-refractivity contribution is 4.76. The lowest BCUT2D eigenvalue weighted by molar-refractivity contribution is -0.147. The van der Waals surface area contributed by atoms with E-state index in [1.165, 1.54) is 0 Å². The molecule has 0 radical (unpaired) electrons. The molecule has 10 heavy (non-hydrogen) atoms. The summed E-state index contributed by atoms with van der Waals surface area (Å²) in [5.41, 5.74) is 0. The van der Waals surface area contributed by atoms with Crippen molar-refractivity contribution in [2.45, 2.75) is 38.8 Å². The quantitative estimate of drug-likeness (QED) is 0.586. The van der Waals surface area contributed by atoms with E-state index < -0.39 is 5.79 Å². The molecule has 3 heteroatoms. The SMILES string of the molecule is CC1OC(C)(C)O[C@@H]1CO. The molecule has 1 aliphatic rings. The van der Waals surface area contributed by atoms with E-state index >= 15 is 0 Å². The second-order valence-corrected chi connectivity index (χ2v) is 3.06. The average Bonchev–Trinajstić information content (AvgIpc) is 2.05. The molecule has 1 rings (SSSR count). The summed E-state index contributed by atoms with van der Waals surface area (Å²) in [5.74, 6) is -0.521. The van der Waals surface area contributed by atoms with E-state index in [-0.39, 0.29) is 18.8 Å². The van der Waals surface area contributed by atoms with Crippen LogP contribution in [-0.4, -0.2) is 29.7 Å². The lowest BCUT2D eigenvalue weighted by atomic mass is 10.2. The molecular weight excluding hydrogens is 132 g/mol. The second-order valence-electron chi connectivity index (χ2n) is 3.06. The predicted molar refractivity (Wildman–Crippen MR) is 36.6 cm³/mol. The monoisotopic (exact) mass is 146 g/mol. The third-order valence-electron chi connectivity index (χ3n) is 1.61. The van der Waals surface area contributed by atoms with Crippen molar-refractivity contribution >= 4 is 0 Å². The van der Waals surface area contributed by atoms with E-state index in [2.05, 4.69) is 0 Å². The Morgan fingerprint density at radius 2 is 2.00 bits per heavy atom. The molecule has 0 aromatic rings. The summed E-state index contributed by atoms with van der Waals surface area (Å²) in [4.78, 5) is 0. The van der Waals surface area contributed by atoms with Crippen LogP contribution in [0.25, 0.3) is 0 Å². The number of aliphatic hydroxyl groups excluding tert-OH is 1. The van der Waals surface area contributed by atoms with Crippen molar-refractivity contribution in [2.24, 2.45) is 0 Å². The molecule has 2 atom stereocenters. The number of ether oxygens (including phenoxy) is 2. The Morgan fingerprint density at radius 1 is 1.40 bits per heavy atom. The molecule has 0 aromatic carbocycles. The van der Waals surface area contributed by atoms with Gasteiger partial charge in [0.15, 0.2) is 5.79 Å². The summed E-state index contributed by atoms with van der Waals surface area (Å²) < 4.78 is 10.7. The van der Waals surface area contributed by atoms with E-state index in [1.54, 1.807) is 0 Å². The van der Waals surface area contributed by atoms with Gasteiger partial charge >= 0.3 is 0 Å². The third kappa shape index (κ3) is 1.48. The first-order valence-electron chi connectivity index (χ1n) is 3.51. The molecule has 1 saturated heterocycles. The van der Waals surface area contributed by atoms with Gasteiger partial charge in [-0.1, -0.05) is 0 Å². The summed E-state index contributed by atoms with van der Waals surface area (Å²) in [5, 5.41) is 8.76. The van der Waals surface area contributed by atoms with Crippen LogP contribution in [-0.2, 0) is 9.47 Å². The van der Waals surface area contributed by atoms with Gasteiger partial charge in [-0.05, 0) is 20.8 Å². The van der Waals surface area contributed by atoms with Crippen molar-refractivity contribution in [3.63, 3.8) is 0 Å². The first kappa shape index (κ1) is 7.98. The van der Waals surface area contributed by atoms with Gasteiger partial charge in [-0.15, -0.1) is 0 Å². The fourth-order valence-electron chi connectivity index (χ4n) is 1.20. The Bertz CT molecular complexity index is 122. The summed E-state index contributed by atoms with van der Waals surface area (Å²) in [6.45, 7) is 5.62. The fraction of sp³-hybridized carbons (Fsp3) is 1.00. The zero-order valence-corrected chi connectivity index (χ0v) is 6.63. The lowest BCUT2D eigenvalue weighted by Gasteiger charge is -2.15. The van der Waals surface area contributed by atoms with Gasteiger partial charge in [0, 0.05) is 0 Å². The molecule has 1 fully saturated rings. The first-order chi connectivity index (χ1) is 4.55. The van der Waals surface area contributed by atoms with Crippen LogP contribution >= 0.6 is 0 Å². The van der Waals surface area contributed by atoms with Gasteiger partial charge in [0.25, 0.3) is 0 Å². The van der Waals surface area contributed by atoms with Crippen LogP contribution < -0.4 is 0 Å². The Kier molecular flexibility index (Phi) is 1.99. The van der Waals surface area contributed by atoms with E-state index in [1.807, 2.05) is 20.8 Å². The second kappa shape index (κ2) is 2.49. The van der Waals surface area contributed by atoms with Gasteiger partial charge in [0.2, 0.25) is 0 Å². The predicted octanol–water partition coefficient (Wildman–Crippen LogP) is 0.519. The molecule has 0 spiro atoms. The smallest absolute Gasteiger partial charge is 0.163 e. The topological polar surface area (TPSA) is 38.7 Å². The maximum absolute atomic E-state index is 8.76. The summed E-state index contributed by atoms with van der Waals surface area (Å²) in [6.07, 6.45) is -0.157. The van der Waals surface area contributed by atoms with Crippen molar-refractivity contribution in [1.29, 1.82) is 0 Å². The van der Waals surface area contributed by atoms with Crippen LogP contribution in [0.3, 0.4) is 0 Å². The third-order valence-corrected chi connectivity index (χ3v) is 1.61. The van der Waals surface area contributed by atoms with Gasteiger partial charge in [0.1, 0.15) is 6.10 Å². The Morgan fingerprint density at radius 3 is 2.20 bits per heavy atom. The minimum atomic E-state index is -0.521. The van der Waals surface area contributed by atoms with Crippen LogP contribution in [0.5, 0.6) is 0 Å². The fourth-order valence-corrected chi connectivity index (χ4v) is 1.20. The van der Waals surface area contributed by atoms with Crippen molar-refractivity contribution < 1.29 is 14.6 Å². The van der Waals surface area contributed by atoms with Crippen LogP contribution in [0.15, 0.2) is 0 Å². The van der Waals surface area contributed by atoms with E-state index in [0.29, 0.717) is 0 Å². The lowest BCUT2D eigenvalue weighted by Crippen LogP contribution is -2.24. The van der Waals surface area contributed by atoms with Crippen LogP contribution in [0.4, 0.5) is 0 Å². The zero-order valence-electron chi connectivity index (χ0n) is 6.63. The summed E-state index contributed by atoms with van der Waals surface area (Å²) in [6, 6.07) is 0. The highest BCUT2D eigenvalue weighted by atomic mass is 16.8. The molecule has 0 saturated carbocycles. The van der Waals surface area contributed by atoms with Crippen LogP contribution in [0.2, 0.25) is 0 Å². The highest BCUT2D eigenvalue weighted by Crippen LogP contribution is 2.27. The average molecular weight is 146 g/mol. The van der Waals surface area contributed by atoms with Gasteiger partial charge in [0.05, 0.1) is 12.7 Å². The molecule has 60 valence electrons.